The molecule has 5 nitrogen and oxygen atoms in total. The average Bonchev–Trinajstić information content (AvgIpc) is 3.28. The molecule has 4 aromatic rings. The highest BCUT2D eigenvalue weighted by Gasteiger charge is 2.17. The second-order valence-corrected chi connectivity index (χ2v) is 6.95. The largest absolute Gasteiger partial charge is 0.291 e. The first-order valence-electron chi connectivity index (χ1n) is 8.46. The SMILES string of the molecule is CCc1ccc2c(c1)nc(NC(=O)c1ccns1)n2-c1cccc(C)c1. The average molecular weight is 362 g/mol. The van der Waals surface area contributed by atoms with Gasteiger partial charge in [0.05, 0.1) is 11.0 Å². The van der Waals surface area contributed by atoms with Crippen molar-refractivity contribution >= 4 is 34.4 Å². The maximum Gasteiger partial charge on any atom is 0.269 e. The second-order valence-electron chi connectivity index (χ2n) is 6.12. The minimum absolute atomic E-state index is 0.201. The lowest BCUT2D eigenvalue weighted by Gasteiger charge is -2.10. The molecule has 0 unspecified atom stereocenters. The lowest BCUT2D eigenvalue weighted by atomic mass is 10.1. The third kappa shape index (κ3) is 2.99. The summed E-state index contributed by atoms with van der Waals surface area (Å²) in [4.78, 5) is 17.8. The molecule has 0 aliphatic heterocycles. The molecular weight excluding hydrogens is 344 g/mol. The summed E-state index contributed by atoms with van der Waals surface area (Å²) in [7, 11) is 0. The van der Waals surface area contributed by atoms with Crippen LogP contribution in [0.4, 0.5) is 5.95 Å². The number of nitrogens with zero attached hydrogens (tertiary/aromatic N) is 3. The Morgan fingerprint density at radius 1 is 1.19 bits per heavy atom. The van der Waals surface area contributed by atoms with E-state index in [-0.39, 0.29) is 5.91 Å². The Morgan fingerprint density at radius 3 is 2.81 bits per heavy atom. The van der Waals surface area contributed by atoms with Gasteiger partial charge in [-0.05, 0) is 66.3 Å². The van der Waals surface area contributed by atoms with Crippen LogP contribution >= 0.6 is 11.5 Å². The fourth-order valence-corrected chi connectivity index (χ4v) is 3.45. The number of amides is 1. The number of carbonyl (C=O) groups excluding carboxylic acids is 1. The zero-order valence-electron chi connectivity index (χ0n) is 14.6. The van der Waals surface area contributed by atoms with Gasteiger partial charge in [0.25, 0.3) is 5.91 Å². The van der Waals surface area contributed by atoms with E-state index in [1.165, 1.54) is 17.1 Å². The quantitative estimate of drug-likeness (QED) is 0.577. The predicted octanol–water partition coefficient (Wildman–Crippen LogP) is 4.61. The minimum atomic E-state index is -0.201. The van der Waals surface area contributed by atoms with E-state index in [1.807, 2.05) is 29.7 Å². The summed E-state index contributed by atoms with van der Waals surface area (Å²) >= 11 is 1.17. The molecule has 4 rings (SSSR count). The van der Waals surface area contributed by atoms with Gasteiger partial charge in [-0.15, -0.1) is 0 Å². The molecule has 0 radical (unpaired) electrons. The van der Waals surface area contributed by atoms with E-state index in [2.05, 4.69) is 40.9 Å². The molecule has 130 valence electrons. The van der Waals surface area contributed by atoms with Gasteiger partial charge >= 0.3 is 0 Å². The minimum Gasteiger partial charge on any atom is -0.291 e. The number of aromatic nitrogens is 3. The smallest absolute Gasteiger partial charge is 0.269 e. The first-order chi connectivity index (χ1) is 12.7. The van der Waals surface area contributed by atoms with Crippen molar-refractivity contribution in [2.75, 3.05) is 5.32 Å². The molecule has 1 N–H and O–H groups in total. The van der Waals surface area contributed by atoms with E-state index in [0.29, 0.717) is 10.8 Å². The van der Waals surface area contributed by atoms with Gasteiger partial charge in [0.15, 0.2) is 0 Å². The van der Waals surface area contributed by atoms with Gasteiger partial charge in [-0.3, -0.25) is 14.7 Å². The lowest BCUT2D eigenvalue weighted by molar-refractivity contribution is 0.102. The summed E-state index contributed by atoms with van der Waals surface area (Å²) in [5.74, 6) is 0.310. The molecule has 0 aliphatic carbocycles. The number of imidazole rings is 1. The second kappa shape index (κ2) is 6.72. The van der Waals surface area contributed by atoms with Gasteiger partial charge in [0, 0.05) is 11.9 Å². The van der Waals surface area contributed by atoms with Crippen molar-refractivity contribution in [3.05, 3.63) is 70.7 Å². The highest BCUT2D eigenvalue weighted by Crippen LogP contribution is 2.27. The fourth-order valence-electron chi connectivity index (χ4n) is 2.95. The topological polar surface area (TPSA) is 59.8 Å². The van der Waals surface area contributed by atoms with Crippen molar-refractivity contribution in [3.63, 3.8) is 0 Å². The van der Waals surface area contributed by atoms with Crippen molar-refractivity contribution < 1.29 is 4.79 Å². The normalized spacial score (nSPS) is 11.0. The molecule has 0 atom stereocenters. The van der Waals surface area contributed by atoms with Crippen molar-refractivity contribution in [2.45, 2.75) is 20.3 Å². The molecule has 0 saturated carbocycles. The maximum absolute atomic E-state index is 12.5. The van der Waals surface area contributed by atoms with Crippen LogP contribution in [-0.4, -0.2) is 19.8 Å². The summed E-state index contributed by atoms with van der Waals surface area (Å²) in [6.45, 7) is 4.17. The molecule has 6 heteroatoms. The molecule has 0 aliphatic rings. The first kappa shape index (κ1) is 16.5. The summed E-state index contributed by atoms with van der Waals surface area (Å²) in [6.07, 6.45) is 2.56. The number of carbonyl (C=O) groups is 1. The van der Waals surface area contributed by atoms with Gasteiger partial charge in [-0.2, -0.15) is 0 Å². The Kier molecular flexibility index (Phi) is 4.26. The molecule has 2 aromatic carbocycles. The van der Waals surface area contributed by atoms with Crippen LogP contribution in [0.2, 0.25) is 0 Å². The number of aryl methyl sites for hydroxylation is 2. The number of benzene rings is 2. The number of rotatable bonds is 4. The molecule has 2 heterocycles. The number of fused-ring (bicyclic) bond motifs is 1. The number of nitrogens with one attached hydrogen (secondary N) is 1. The van der Waals surface area contributed by atoms with Crippen LogP contribution in [0.3, 0.4) is 0 Å². The Bertz CT molecular complexity index is 1080. The van der Waals surface area contributed by atoms with E-state index < -0.39 is 0 Å². The summed E-state index contributed by atoms with van der Waals surface area (Å²) < 4.78 is 5.98. The maximum atomic E-state index is 12.5. The summed E-state index contributed by atoms with van der Waals surface area (Å²) in [5.41, 5.74) is 5.16. The highest BCUT2D eigenvalue weighted by molar-refractivity contribution is 7.08. The van der Waals surface area contributed by atoms with Crippen LogP contribution in [0.1, 0.15) is 27.7 Å². The van der Waals surface area contributed by atoms with Crippen LogP contribution in [0.15, 0.2) is 54.7 Å². The molecule has 0 spiro atoms. The Hall–Kier alpha value is -2.99. The van der Waals surface area contributed by atoms with Crippen LogP contribution in [0.25, 0.3) is 16.7 Å². The van der Waals surface area contributed by atoms with Crippen molar-refractivity contribution in [2.24, 2.45) is 0 Å². The standard InChI is InChI=1S/C20H18N4OS/c1-3-14-7-8-17-16(12-14)22-20(23-19(25)18-9-10-21-26-18)24(17)15-6-4-5-13(2)11-15/h4-12H,3H2,1-2H3,(H,22,23,25). The highest BCUT2D eigenvalue weighted by atomic mass is 32.1. The Labute approximate surface area is 155 Å². The van der Waals surface area contributed by atoms with Crippen LogP contribution in [-0.2, 0) is 6.42 Å². The zero-order valence-corrected chi connectivity index (χ0v) is 15.4. The van der Waals surface area contributed by atoms with E-state index in [1.54, 1.807) is 12.3 Å². The molecule has 0 saturated heterocycles. The van der Waals surface area contributed by atoms with Crippen molar-refractivity contribution in [3.8, 4) is 5.69 Å². The third-order valence-electron chi connectivity index (χ3n) is 4.27. The molecule has 26 heavy (non-hydrogen) atoms. The Morgan fingerprint density at radius 2 is 2.08 bits per heavy atom. The zero-order chi connectivity index (χ0) is 18.1. The third-order valence-corrected chi connectivity index (χ3v) is 5.02. The van der Waals surface area contributed by atoms with Gasteiger partial charge in [-0.1, -0.05) is 25.1 Å². The van der Waals surface area contributed by atoms with E-state index >= 15 is 0 Å². The van der Waals surface area contributed by atoms with Gasteiger partial charge in [0.2, 0.25) is 5.95 Å². The molecule has 0 bridgehead atoms. The number of hydrogen-bond donors (Lipinski definition) is 1. The van der Waals surface area contributed by atoms with E-state index in [4.69, 9.17) is 4.98 Å². The van der Waals surface area contributed by atoms with Crippen LogP contribution in [0.5, 0.6) is 0 Å². The first-order valence-corrected chi connectivity index (χ1v) is 9.23. The number of hydrogen-bond acceptors (Lipinski definition) is 4. The van der Waals surface area contributed by atoms with Gasteiger partial charge in [0.1, 0.15) is 4.88 Å². The van der Waals surface area contributed by atoms with Crippen LogP contribution in [0, 0.1) is 6.92 Å². The summed E-state index contributed by atoms with van der Waals surface area (Å²) in [6, 6.07) is 16.1. The van der Waals surface area contributed by atoms with E-state index in [9.17, 15) is 4.79 Å². The van der Waals surface area contributed by atoms with E-state index in [0.717, 1.165) is 28.7 Å². The molecule has 0 fully saturated rings. The fraction of sp³-hybridized carbons (Fsp3) is 0.150. The monoisotopic (exact) mass is 362 g/mol. The predicted molar refractivity (Wildman–Crippen MR) is 105 cm³/mol. The Balaban J connectivity index is 1.87. The van der Waals surface area contributed by atoms with Gasteiger partial charge in [-0.25, -0.2) is 9.36 Å². The van der Waals surface area contributed by atoms with Crippen molar-refractivity contribution in [1.82, 2.24) is 13.9 Å². The molecular formula is C20H18N4OS. The lowest BCUT2D eigenvalue weighted by Crippen LogP contribution is -2.14. The number of anilines is 1. The van der Waals surface area contributed by atoms with Crippen LogP contribution < -0.4 is 5.32 Å². The molecule has 1 amide bonds. The van der Waals surface area contributed by atoms with Gasteiger partial charge < -0.3 is 0 Å². The summed E-state index contributed by atoms with van der Waals surface area (Å²) in [5, 5.41) is 2.94. The molecule has 2 aromatic heterocycles. The van der Waals surface area contributed by atoms with Crippen molar-refractivity contribution in [1.29, 1.82) is 0 Å².